The van der Waals surface area contributed by atoms with E-state index >= 15 is 0 Å². The van der Waals surface area contributed by atoms with Crippen molar-refractivity contribution < 1.29 is 17.9 Å². The number of nitrogens with one attached hydrogen (secondary N) is 1. The minimum Gasteiger partial charge on any atom is -0.497 e. The van der Waals surface area contributed by atoms with Crippen molar-refractivity contribution in [1.29, 1.82) is 0 Å². The molecule has 0 radical (unpaired) electrons. The van der Waals surface area contributed by atoms with Gasteiger partial charge in [-0.1, -0.05) is 0 Å². The Morgan fingerprint density at radius 2 is 1.77 bits per heavy atom. The lowest BCUT2D eigenvalue weighted by Gasteiger charge is -2.16. The number of ether oxygens (including phenoxy) is 1. The molecule has 0 aliphatic carbocycles. The summed E-state index contributed by atoms with van der Waals surface area (Å²) in [6, 6.07) is 11.9. The van der Waals surface area contributed by atoms with Crippen molar-refractivity contribution in [2.45, 2.75) is 18.7 Å². The van der Waals surface area contributed by atoms with Gasteiger partial charge < -0.3 is 10.1 Å². The van der Waals surface area contributed by atoms with E-state index in [2.05, 4.69) is 10.4 Å². The van der Waals surface area contributed by atoms with E-state index < -0.39 is 15.9 Å². The number of amides is 1. The van der Waals surface area contributed by atoms with Crippen LogP contribution in [0.3, 0.4) is 0 Å². The Kier molecular flexibility index (Phi) is 5.95. The number of aryl methyl sites for hydroxylation is 1. The molecule has 8 nitrogen and oxygen atoms in total. The highest BCUT2D eigenvalue weighted by Gasteiger charge is 2.21. The summed E-state index contributed by atoms with van der Waals surface area (Å²) in [6.45, 7) is 3.63. The molecule has 0 bridgehead atoms. The van der Waals surface area contributed by atoms with Gasteiger partial charge in [0.1, 0.15) is 5.75 Å². The first-order valence-corrected chi connectivity index (χ1v) is 10.6. The van der Waals surface area contributed by atoms with Crippen LogP contribution in [0.25, 0.3) is 5.69 Å². The predicted octanol–water partition coefficient (Wildman–Crippen LogP) is 3.00. The minimum absolute atomic E-state index is 0.120. The molecule has 1 N–H and O–H groups in total. The molecule has 3 aromatic rings. The van der Waals surface area contributed by atoms with Crippen molar-refractivity contribution in [3.05, 3.63) is 65.5 Å². The molecule has 3 rings (SSSR count). The fraction of sp³-hybridized carbons (Fsp3) is 0.238. The van der Waals surface area contributed by atoms with Gasteiger partial charge in [-0.2, -0.15) is 5.10 Å². The van der Waals surface area contributed by atoms with Crippen LogP contribution in [0.2, 0.25) is 0 Å². The van der Waals surface area contributed by atoms with Gasteiger partial charge in [0.25, 0.3) is 5.91 Å². The van der Waals surface area contributed by atoms with Gasteiger partial charge in [0.15, 0.2) is 5.69 Å². The first-order valence-electron chi connectivity index (χ1n) is 9.18. The fourth-order valence-corrected chi connectivity index (χ4v) is 3.84. The SMILES string of the molecule is COc1ccc(-n2ccc(C(=O)Nc3cc(S(=O)(=O)N(C)C)cc(C)c3C)n2)cc1. The van der Waals surface area contributed by atoms with Gasteiger partial charge in [0.05, 0.1) is 17.7 Å². The highest BCUT2D eigenvalue weighted by molar-refractivity contribution is 7.89. The van der Waals surface area contributed by atoms with E-state index in [0.29, 0.717) is 5.69 Å². The summed E-state index contributed by atoms with van der Waals surface area (Å²) in [6.07, 6.45) is 1.68. The van der Waals surface area contributed by atoms with Crippen molar-refractivity contribution in [1.82, 2.24) is 14.1 Å². The second-order valence-electron chi connectivity index (χ2n) is 7.00. The summed E-state index contributed by atoms with van der Waals surface area (Å²) in [7, 11) is 0.900. The number of rotatable bonds is 6. The maximum atomic E-state index is 12.8. The van der Waals surface area contributed by atoms with Crippen LogP contribution in [-0.4, -0.2) is 49.6 Å². The molecule has 158 valence electrons. The number of anilines is 1. The van der Waals surface area contributed by atoms with Gasteiger partial charge in [-0.05, 0) is 67.4 Å². The zero-order chi connectivity index (χ0) is 22.1. The van der Waals surface area contributed by atoms with Crippen molar-refractivity contribution in [3.63, 3.8) is 0 Å². The largest absolute Gasteiger partial charge is 0.497 e. The molecule has 0 atom stereocenters. The standard InChI is InChI=1S/C21H24N4O4S/c1-14-12-18(30(27,28)24(3)4)13-20(15(14)2)22-21(26)19-10-11-25(23-19)16-6-8-17(29-5)9-7-16/h6-13H,1-5H3,(H,22,26). The molecule has 1 amide bonds. The fourth-order valence-electron chi connectivity index (χ4n) is 2.83. The quantitative estimate of drug-likeness (QED) is 0.651. The number of hydrogen-bond donors (Lipinski definition) is 1. The first kappa shape index (κ1) is 21.5. The lowest BCUT2D eigenvalue weighted by molar-refractivity contribution is 0.102. The Labute approximate surface area is 176 Å². The number of benzene rings is 2. The van der Waals surface area contributed by atoms with Crippen molar-refractivity contribution >= 4 is 21.6 Å². The third kappa shape index (κ3) is 4.22. The van der Waals surface area contributed by atoms with E-state index in [9.17, 15) is 13.2 Å². The van der Waals surface area contributed by atoms with Crippen LogP contribution < -0.4 is 10.1 Å². The number of methoxy groups -OCH3 is 1. The topological polar surface area (TPSA) is 93.5 Å². The van der Waals surface area contributed by atoms with Crippen LogP contribution in [0, 0.1) is 13.8 Å². The Hall–Kier alpha value is -3.17. The molecule has 1 aromatic heterocycles. The first-order chi connectivity index (χ1) is 14.1. The summed E-state index contributed by atoms with van der Waals surface area (Å²) >= 11 is 0. The number of carbonyl (C=O) groups is 1. The number of aromatic nitrogens is 2. The molecule has 0 aliphatic rings. The molecule has 2 aromatic carbocycles. The Morgan fingerprint density at radius 1 is 1.10 bits per heavy atom. The average molecular weight is 429 g/mol. The summed E-state index contributed by atoms with van der Waals surface area (Å²) < 4.78 is 32.9. The van der Waals surface area contributed by atoms with Gasteiger partial charge >= 0.3 is 0 Å². The van der Waals surface area contributed by atoms with Crippen LogP contribution in [0.5, 0.6) is 5.75 Å². The van der Waals surface area contributed by atoms with Crippen LogP contribution in [0.1, 0.15) is 21.6 Å². The predicted molar refractivity (Wildman–Crippen MR) is 115 cm³/mol. The van der Waals surface area contributed by atoms with E-state index in [-0.39, 0.29) is 10.6 Å². The smallest absolute Gasteiger partial charge is 0.276 e. The molecule has 0 unspecified atom stereocenters. The second-order valence-corrected chi connectivity index (χ2v) is 9.15. The number of carbonyl (C=O) groups excluding carboxylic acids is 1. The van der Waals surface area contributed by atoms with E-state index in [4.69, 9.17) is 4.74 Å². The molecule has 0 spiro atoms. The van der Waals surface area contributed by atoms with E-state index in [1.165, 1.54) is 20.2 Å². The lowest BCUT2D eigenvalue weighted by Crippen LogP contribution is -2.23. The second kappa shape index (κ2) is 8.29. The van der Waals surface area contributed by atoms with Gasteiger partial charge in [-0.15, -0.1) is 0 Å². The van der Waals surface area contributed by atoms with Crippen LogP contribution in [0.4, 0.5) is 5.69 Å². The zero-order valence-electron chi connectivity index (χ0n) is 17.5. The molecule has 0 fully saturated rings. The van der Waals surface area contributed by atoms with Crippen LogP contribution >= 0.6 is 0 Å². The highest BCUT2D eigenvalue weighted by Crippen LogP contribution is 2.26. The molecule has 0 saturated carbocycles. The van der Waals surface area contributed by atoms with Crippen molar-refractivity contribution in [2.75, 3.05) is 26.5 Å². The van der Waals surface area contributed by atoms with Crippen LogP contribution in [0.15, 0.2) is 53.6 Å². The van der Waals surface area contributed by atoms with E-state index in [1.54, 1.807) is 49.2 Å². The maximum Gasteiger partial charge on any atom is 0.276 e. The number of sulfonamides is 1. The zero-order valence-corrected chi connectivity index (χ0v) is 18.3. The maximum absolute atomic E-state index is 12.8. The third-order valence-electron chi connectivity index (χ3n) is 4.83. The average Bonchev–Trinajstić information content (AvgIpc) is 3.21. The summed E-state index contributed by atoms with van der Waals surface area (Å²) in [5.41, 5.74) is 2.97. The molecular formula is C21H24N4O4S. The summed E-state index contributed by atoms with van der Waals surface area (Å²) in [5, 5.41) is 7.10. The molecule has 30 heavy (non-hydrogen) atoms. The molecular weight excluding hydrogens is 404 g/mol. The van der Waals surface area contributed by atoms with Gasteiger partial charge in [0.2, 0.25) is 10.0 Å². The Bertz CT molecular complexity index is 1180. The van der Waals surface area contributed by atoms with Crippen molar-refractivity contribution in [2.24, 2.45) is 0 Å². The number of nitrogens with zero attached hydrogens (tertiary/aromatic N) is 3. The molecule has 0 aliphatic heterocycles. The highest BCUT2D eigenvalue weighted by atomic mass is 32.2. The monoisotopic (exact) mass is 428 g/mol. The Morgan fingerprint density at radius 3 is 2.37 bits per heavy atom. The molecule has 9 heteroatoms. The van der Waals surface area contributed by atoms with Crippen molar-refractivity contribution in [3.8, 4) is 11.4 Å². The summed E-state index contributed by atoms with van der Waals surface area (Å²) in [4.78, 5) is 12.9. The van der Waals surface area contributed by atoms with E-state index in [1.807, 2.05) is 19.1 Å². The molecule has 0 saturated heterocycles. The van der Waals surface area contributed by atoms with E-state index in [0.717, 1.165) is 26.9 Å². The normalized spacial score (nSPS) is 11.5. The van der Waals surface area contributed by atoms with Gasteiger partial charge in [-0.25, -0.2) is 17.4 Å². The third-order valence-corrected chi connectivity index (χ3v) is 6.62. The van der Waals surface area contributed by atoms with Crippen LogP contribution in [-0.2, 0) is 10.0 Å². The van der Waals surface area contributed by atoms with Gasteiger partial charge in [-0.3, -0.25) is 4.79 Å². The Balaban J connectivity index is 1.87. The minimum atomic E-state index is -3.62. The lowest BCUT2D eigenvalue weighted by atomic mass is 10.1. The molecule has 1 heterocycles. The number of hydrogen-bond acceptors (Lipinski definition) is 5. The summed E-state index contributed by atoms with van der Waals surface area (Å²) in [5.74, 6) is 0.298. The van der Waals surface area contributed by atoms with Gasteiger partial charge in [0, 0.05) is 26.0 Å².